The molecule has 0 saturated carbocycles. The fourth-order valence-electron chi connectivity index (χ4n) is 4.24. The van der Waals surface area contributed by atoms with Gasteiger partial charge in [0.2, 0.25) is 17.7 Å². The molecule has 0 aromatic heterocycles. The van der Waals surface area contributed by atoms with Crippen LogP contribution in [0.3, 0.4) is 0 Å². The van der Waals surface area contributed by atoms with Gasteiger partial charge >= 0.3 is 0 Å². The lowest BCUT2D eigenvalue weighted by molar-refractivity contribution is -0.132. The average Bonchev–Trinajstić information content (AvgIpc) is 3.28. The summed E-state index contributed by atoms with van der Waals surface area (Å²) >= 11 is 0. The van der Waals surface area contributed by atoms with Crippen LogP contribution in [0.2, 0.25) is 0 Å². The van der Waals surface area contributed by atoms with Crippen LogP contribution in [0, 0.1) is 11.8 Å². The molecule has 0 aliphatic carbocycles. The second-order valence-electron chi connectivity index (χ2n) is 7.07. The van der Waals surface area contributed by atoms with Crippen molar-refractivity contribution in [3.63, 3.8) is 0 Å². The largest absolute Gasteiger partial charge is 0.395 e. The molecular weight excluding hydrogens is 350 g/mol. The van der Waals surface area contributed by atoms with Crippen molar-refractivity contribution >= 4 is 29.1 Å². The molecule has 1 aromatic rings. The number of nitrogens with zero attached hydrogens (tertiary/aromatic N) is 1. The molecule has 3 N–H and O–H groups in total. The van der Waals surface area contributed by atoms with E-state index in [1.54, 1.807) is 29.2 Å². The first-order chi connectivity index (χ1) is 12.9. The van der Waals surface area contributed by atoms with E-state index >= 15 is 0 Å². The molecule has 1 aromatic carbocycles. The molecule has 2 fully saturated rings. The lowest BCUT2D eigenvalue weighted by Gasteiger charge is -2.23. The summed E-state index contributed by atoms with van der Waals surface area (Å²) in [5.74, 6) is -1.78. The van der Waals surface area contributed by atoms with Gasteiger partial charge in [0.1, 0.15) is 5.60 Å². The minimum Gasteiger partial charge on any atom is -0.395 e. The Bertz CT molecular complexity index is 821. The Morgan fingerprint density at radius 2 is 2.07 bits per heavy atom. The highest BCUT2D eigenvalue weighted by Gasteiger charge is 2.66. The lowest BCUT2D eigenvalue weighted by Crippen LogP contribution is -2.44. The highest BCUT2D eigenvalue weighted by molar-refractivity contribution is 6.03. The van der Waals surface area contributed by atoms with Crippen LogP contribution < -0.4 is 15.5 Å². The maximum absolute atomic E-state index is 13.1. The van der Waals surface area contributed by atoms with Crippen LogP contribution in [0.25, 0.3) is 0 Å². The predicted octanol–water partition coefficient (Wildman–Crippen LogP) is 0.0399. The predicted molar refractivity (Wildman–Crippen MR) is 96.9 cm³/mol. The Labute approximate surface area is 156 Å². The standard InChI is InChI=1S/C19H21N3O5/c1-11(24)21-12-2-4-13(5-3-12)22-10-19-7-6-14(27-19)15(16(19)18(22)26)17(25)20-8-9-23/h2-7,14-16,23H,8-10H2,1H3,(H,20,25)(H,21,24)/t14-,15+,16+,19-/m1/s1. The lowest BCUT2D eigenvalue weighted by atomic mass is 9.77. The molecular formula is C19H21N3O5. The highest BCUT2D eigenvalue weighted by atomic mass is 16.5. The van der Waals surface area contributed by atoms with Gasteiger partial charge in [-0.15, -0.1) is 0 Å². The van der Waals surface area contributed by atoms with Crippen LogP contribution in [0.1, 0.15) is 6.92 Å². The smallest absolute Gasteiger partial charge is 0.234 e. The summed E-state index contributed by atoms with van der Waals surface area (Å²) in [4.78, 5) is 38.4. The van der Waals surface area contributed by atoms with Crippen molar-refractivity contribution in [2.24, 2.45) is 11.8 Å². The highest BCUT2D eigenvalue weighted by Crippen LogP contribution is 2.52. The molecule has 2 saturated heterocycles. The van der Waals surface area contributed by atoms with Crippen molar-refractivity contribution in [3.05, 3.63) is 36.4 Å². The van der Waals surface area contributed by atoms with Crippen molar-refractivity contribution in [2.75, 3.05) is 29.9 Å². The van der Waals surface area contributed by atoms with E-state index < -0.39 is 23.5 Å². The van der Waals surface area contributed by atoms with Crippen LogP contribution in [0.15, 0.2) is 36.4 Å². The minimum atomic E-state index is -0.792. The normalized spacial score (nSPS) is 30.5. The molecule has 142 valence electrons. The number of anilines is 2. The number of benzene rings is 1. The van der Waals surface area contributed by atoms with Gasteiger partial charge in [0.25, 0.3) is 0 Å². The van der Waals surface area contributed by atoms with Crippen molar-refractivity contribution in [2.45, 2.75) is 18.6 Å². The molecule has 0 radical (unpaired) electrons. The average molecular weight is 371 g/mol. The minimum absolute atomic E-state index is 0.147. The first kappa shape index (κ1) is 17.7. The van der Waals surface area contributed by atoms with Crippen LogP contribution >= 0.6 is 0 Å². The topological polar surface area (TPSA) is 108 Å². The molecule has 27 heavy (non-hydrogen) atoms. The summed E-state index contributed by atoms with van der Waals surface area (Å²) < 4.78 is 6.04. The fraction of sp³-hybridized carbons (Fsp3) is 0.421. The maximum Gasteiger partial charge on any atom is 0.234 e. The zero-order valence-electron chi connectivity index (χ0n) is 14.8. The van der Waals surface area contributed by atoms with E-state index in [0.29, 0.717) is 17.9 Å². The second-order valence-corrected chi connectivity index (χ2v) is 7.07. The van der Waals surface area contributed by atoms with E-state index in [2.05, 4.69) is 10.6 Å². The summed E-state index contributed by atoms with van der Waals surface area (Å²) in [6, 6.07) is 6.99. The number of ether oxygens (including phenoxy) is 1. The van der Waals surface area contributed by atoms with Gasteiger partial charge in [0.15, 0.2) is 0 Å². The van der Waals surface area contributed by atoms with Crippen molar-refractivity contribution in [1.82, 2.24) is 5.32 Å². The third-order valence-corrected chi connectivity index (χ3v) is 5.31. The number of aliphatic hydroxyl groups excluding tert-OH is 1. The van der Waals surface area contributed by atoms with Crippen LogP contribution in [-0.2, 0) is 19.1 Å². The Morgan fingerprint density at radius 1 is 1.33 bits per heavy atom. The van der Waals surface area contributed by atoms with Gasteiger partial charge in [-0.05, 0) is 24.3 Å². The number of fused-ring (bicyclic) bond motifs is 1. The quantitative estimate of drug-likeness (QED) is 0.634. The Morgan fingerprint density at radius 3 is 2.74 bits per heavy atom. The van der Waals surface area contributed by atoms with Gasteiger partial charge in [-0.2, -0.15) is 0 Å². The molecule has 8 heteroatoms. The summed E-state index contributed by atoms with van der Waals surface area (Å²) in [6.45, 7) is 1.76. The van der Waals surface area contributed by atoms with Crippen molar-refractivity contribution in [1.29, 1.82) is 0 Å². The van der Waals surface area contributed by atoms with Crippen molar-refractivity contribution in [3.8, 4) is 0 Å². The third-order valence-electron chi connectivity index (χ3n) is 5.31. The monoisotopic (exact) mass is 371 g/mol. The first-order valence-corrected chi connectivity index (χ1v) is 8.90. The number of hydrogen-bond acceptors (Lipinski definition) is 5. The molecule has 1 spiro atoms. The van der Waals surface area contributed by atoms with Gasteiger partial charge in [0.05, 0.1) is 31.1 Å². The molecule has 8 nitrogen and oxygen atoms in total. The Kier molecular flexibility index (Phi) is 4.24. The van der Waals surface area contributed by atoms with E-state index in [0.717, 1.165) is 0 Å². The summed E-state index contributed by atoms with van der Waals surface area (Å²) in [6.07, 6.45) is 3.32. The SMILES string of the molecule is CC(=O)Nc1ccc(N2C[C@@]34C=C[C@@H](O3)[C@H](C(=O)NCCO)[C@H]4C2=O)cc1. The number of nitrogens with one attached hydrogen (secondary N) is 2. The van der Waals surface area contributed by atoms with Gasteiger partial charge in [-0.1, -0.05) is 12.2 Å². The Balaban J connectivity index is 1.57. The summed E-state index contributed by atoms with van der Waals surface area (Å²) in [5, 5.41) is 14.3. The number of carbonyl (C=O) groups excluding carboxylic acids is 3. The van der Waals surface area contributed by atoms with E-state index in [1.165, 1.54) is 6.92 Å². The van der Waals surface area contributed by atoms with E-state index in [1.807, 2.05) is 12.2 Å². The van der Waals surface area contributed by atoms with Crippen LogP contribution in [0.4, 0.5) is 11.4 Å². The molecule has 4 atom stereocenters. The molecule has 3 amide bonds. The van der Waals surface area contributed by atoms with Gasteiger partial charge in [-0.3, -0.25) is 14.4 Å². The van der Waals surface area contributed by atoms with E-state index in [9.17, 15) is 14.4 Å². The molecule has 2 bridgehead atoms. The molecule has 3 aliphatic heterocycles. The van der Waals surface area contributed by atoms with Crippen molar-refractivity contribution < 1.29 is 24.2 Å². The fourth-order valence-corrected chi connectivity index (χ4v) is 4.24. The van der Waals surface area contributed by atoms with Gasteiger partial charge in [0, 0.05) is 24.8 Å². The summed E-state index contributed by atoms with van der Waals surface area (Å²) in [7, 11) is 0. The third kappa shape index (κ3) is 2.81. The van der Waals surface area contributed by atoms with E-state index in [4.69, 9.17) is 9.84 Å². The Hall–Kier alpha value is -2.71. The van der Waals surface area contributed by atoms with Gasteiger partial charge in [-0.25, -0.2) is 0 Å². The maximum atomic E-state index is 13.1. The van der Waals surface area contributed by atoms with Crippen LogP contribution in [-0.4, -0.2) is 54.2 Å². The zero-order chi connectivity index (χ0) is 19.2. The molecule has 0 unspecified atom stereocenters. The zero-order valence-corrected chi connectivity index (χ0v) is 14.8. The second kappa shape index (κ2) is 6.47. The molecule has 4 rings (SSSR count). The number of rotatable bonds is 5. The number of carbonyl (C=O) groups is 3. The van der Waals surface area contributed by atoms with E-state index in [-0.39, 0.29) is 30.9 Å². The first-order valence-electron chi connectivity index (χ1n) is 8.90. The van der Waals surface area contributed by atoms with Crippen LogP contribution in [0.5, 0.6) is 0 Å². The molecule has 3 heterocycles. The summed E-state index contributed by atoms with van der Waals surface area (Å²) in [5.41, 5.74) is 0.543. The number of amides is 3. The molecule has 3 aliphatic rings. The number of hydrogen-bond donors (Lipinski definition) is 3. The van der Waals surface area contributed by atoms with Gasteiger partial charge < -0.3 is 25.4 Å². The number of aliphatic hydroxyl groups is 1.